The first kappa shape index (κ1) is 23.4. The number of likely N-dealkylation sites (N-methyl/N-ethyl adjacent to an activating group) is 1. The molecule has 3 atom stereocenters. The molecule has 1 fully saturated rings. The second-order valence-corrected chi connectivity index (χ2v) is 8.85. The lowest BCUT2D eigenvalue weighted by Crippen LogP contribution is -2.41. The monoisotopic (exact) mass is 440 g/mol. The first-order chi connectivity index (χ1) is 15.2. The van der Waals surface area contributed by atoms with Crippen molar-refractivity contribution in [3.8, 4) is 0 Å². The molecule has 2 aromatic rings. The van der Waals surface area contributed by atoms with Crippen molar-refractivity contribution in [3.05, 3.63) is 41.7 Å². The number of aromatic nitrogens is 3. The van der Waals surface area contributed by atoms with Gasteiger partial charge in [0.1, 0.15) is 12.9 Å². The highest BCUT2D eigenvalue weighted by Gasteiger charge is 2.31. The molecule has 3 unspecified atom stereocenters. The van der Waals surface area contributed by atoms with Gasteiger partial charge >= 0.3 is 11.8 Å². The van der Waals surface area contributed by atoms with Crippen LogP contribution in [0.2, 0.25) is 0 Å². The molecule has 0 radical (unpaired) electrons. The topological polar surface area (TPSA) is 109 Å². The standard InChI is InChI=1S/C23H32N6O3/c1-15-8-7-10-17(12-15)20(18-11-6-5-9-16(18)2)25-21(31)22(32)26-23-24-14-29(27-23)13-19(30)28(3)4/h5-6,9,11,14-15,17,20H,7-8,10,12-13H2,1-4H3,(H,25,31)(H,26,27,32). The van der Waals surface area contributed by atoms with Gasteiger partial charge in [0.2, 0.25) is 11.9 Å². The largest absolute Gasteiger partial charge is 0.347 e. The zero-order chi connectivity index (χ0) is 23.3. The summed E-state index contributed by atoms with van der Waals surface area (Å²) in [5.41, 5.74) is 2.12. The van der Waals surface area contributed by atoms with Gasteiger partial charge in [-0.3, -0.25) is 19.7 Å². The van der Waals surface area contributed by atoms with Crippen LogP contribution in [0.5, 0.6) is 0 Å². The van der Waals surface area contributed by atoms with Crippen LogP contribution in [-0.4, -0.2) is 51.5 Å². The Kier molecular flexibility index (Phi) is 7.61. The van der Waals surface area contributed by atoms with E-state index in [-0.39, 0.29) is 30.4 Å². The fourth-order valence-corrected chi connectivity index (χ4v) is 4.24. The molecule has 0 saturated heterocycles. The van der Waals surface area contributed by atoms with E-state index < -0.39 is 11.8 Å². The van der Waals surface area contributed by atoms with Crippen molar-refractivity contribution in [3.63, 3.8) is 0 Å². The molecule has 1 heterocycles. The Morgan fingerprint density at radius 1 is 1.19 bits per heavy atom. The van der Waals surface area contributed by atoms with E-state index in [1.54, 1.807) is 14.1 Å². The predicted molar refractivity (Wildman–Crippen MR) is 121 cm³/mol. The molecule has 1 aromatic carbocycles. The zero-order valence-electron chi connectivity index (χ0n) is 19.2. The molecule has 32 heavy (non-hydrogen) atoms. The smallest absolute Gasteiger partial charge is 0.316 e. The third-order valence-electron chi connectivity index (χ3n) is 6.02. The molecule has 3 rings (SSSR count). The van der Waals surface area contributed by atoms with Crippen LogP contribution in [0.3, 0.4) is 0 Å². The molecule has 0 aliphatic heterocycles. The molecule has 9 nitrogen and oxygen atoms in total. The maximum atomic E-state index is 12.8. The first-order valence-electron chi connectivity index (χ1n) is 11.0. The van der Waals surface area contributed by atoms with Crippen LogP contribution in [0.25, 0.3) is 0 Å². The minimum absolute atomic E-state index is 0.00269. The average molecular weight is 441 g/mol. The molecular formula is C23H32N6O3. The summed E-state index contributed by atoms with van der Waals surface area (Å²) in [4.78, 5) is 42.6. The van der Waals surface area contributed by atoms with Crippen LogP contribution in [0.15, 0.2) is 30.6 Å². The molecule has 1 aliphatic rings. The van der Waals surface area contributed by atoms with Gasteiger partial charge in [0, 0.05) is 14.1 Å². The Balaban J connectivity index is 1.69. The number of nitrogens with zero attached hydrogens (tertiary/aromatic N) is 4. The Labute approximate surface area is 188 Å². The number of nitrogens with one attached hydrogen (secondary N) is 2. The number of aryl methyl sites for hydroxylation is 1. The second kappa shape index (κ2) is 10.4. The molecule has 9 heteroatoms. The number of carbonyl (C=O) groups excluding carboxylic acids is 3. The summed E-state index contributed by atoms with van der Waals surface area (Å²) in [6.45, 7) is 4.25. The lowest BCUT2D eigenvalue weighted by atomic mass is 9.76. The van der Waals surface area contributed by atoms with Gasteiger partial charge in [-0.25, -0.2) is 9.67 Å². The van der Waals surface area contributed by atoms with Crippen molar-refractivity contribution in [2.24, 2.45) is 11.8 Å². The van der Waals surface area contributed by atoms with Crippen LogP contribution in [-0.2, 0) is 20.9 Å². The summed E-state index contributed by atoms with van der Waals surface area (Å²) in [6.07, 6.45) is 5.66. The summed E-state index contributed by atoms with van der Waals surface area (Å²) >= 11 is 0. The average Bonchev–Trinajstić information content (AvgIpc) is 3.19. The molecule has 1 saturated carbocycles. The van der Waals surface area contributed by atoms with E-state index in [1.807, 2.05) is 31.2 Å². The highest BCUT2D eigenvalue weighted by atomic mass is 16.2. The van der Waals surface area contributed by atoms with Gasteiger partial charge in [-0.05, 0) is 42.7 Å². The zero-order valence-corrected chi connectivity index (χ0v) is 19.2. The van der Waals surface area contributed by atoms with Gasteiger partial charge in [0.25, 0.3) is 0 Å². The van der Waals surface area contributed by atoms with Crippen molar-refractivity contribution in [1.29, 1.82) is 0 Å². The SMILES string of the molecule is Cc1ccccc1C(NC(=O)C(=O)Nc1ncn(CC(=O)N(C)C)n1)C1CCCC(C)C1. The van der Waals surface area contributed by atoms with E-state index in [0.29, 0.717) is 5.92 Å². The van der Waals surface area contributed by atoms with E-state index in [9.17, 15) is 14.4 Å². The van der Waals surface area contributed by atoms with Gasteiger partial charge in [0.05, 0.1) is 6.04 Å². The van der Waals surface area contributed by atoms with Gasteiger partial charge in [-0.15, -0.1) is 5.10 Å². The summed E-state index contributed by atoms with van der Waals surface area (Å²) in [5, 5.41) is 9.45. The molecule has 0 spiro atoms. The van der Waals surface area contributed by atoms with Crippen LogP contribution < -0.4 is 10.6 Å². The van der Waals surface area contributed by atoms with Gasteiger partial charge in [-0.2, -0.15) is 0 Å². The maximum Gasteiger partial charge on any atom is 0.316 e. The van der Waals surface area contributed by atoms with Crippen molar-refractivity contribution in [2.45, 2.75) is 52.1 Å². The summed E-state index contributed by atoms with van der Waals surface area (Å²) in [6, 6.07) is 7.73. The summed E-state index contributed by atoms with van der Waals surface area (Å²) in [5.74, 6) is -0.875. The highest BCUT2D eigenvalue weighted by Crippen LogP contribution is 2.38. The van der Waals surface area contributed by atoms with Crippen LogP contribution >= 0.6 is 0 Å². The van der Waals surface area contributed by atoms with Crippen LogP contribution in [0.1, 0.15) is 49.8 Å². The molecular weight excluding hydrogens is 408 g/mol. The Hall–Kier alpha value is -3.23. The van der Waals surface area contributed by atoms with Crippen LogP contribution in [0, 0.1) is 18.8 Å². The predicted octanol–water partition coefficient (Wildman–Crippen LogP) is 2.30. The van der Waals surface area contributed by atoms with E-state index in [0.717, 1.165) is 30.4 Å². The number of anilines is 1. The number of hydrogen-bond acceptors (Lipinski definition) is 5. The van der Waals surface area contributed by atoms with Gasteiger partial charge < -0.3 is 10.2 Å². The number of hydrogen-bond donors (Lipinski definition) is 2. The van der Waals surface area contributed by atoms with E-state index in [2.05, 4.69) is 27.6 Å². The second-order valence-electron chi connectivity index (χ2n) is 8.85. The van der Waals surface area contributed by atoms with Crippen LogP contribution in [0.4, 0.5) is 5.95 Å². The van der Waals surface area contributed by atoms with Crippen molar-refractivity contribution < 1.29 is 14.4 Å². The van der Waals surface area contributed by atoms with E-state index in [1.165, 1.54) is 22.3 Å². The molecule has 0 bridgehead atoms. The minimum atomic E-state index is -0.830. The fourth-order valence-electron chi connectivity index (χ4n) is 4.24. The fraction of sp³-hybridized carbons (Fsp3) is 0.522. The van der Waals surface area contributed by atoms with Crippen molar-refractivity contribution >= 4 is 23.7 Å². The maximum absolute atomic E-state index is 12.8. The number of amides is 3. The third kappa shape index (κ3) is 5.93. The summed E-state index contributed by atoms with van der Waals surface area (Å²) < 4.78 is 1.31. The lowest BCUT2D eigenvalue weighted by molar-refractivity contribution is -0.137. The van der Waals surface area contributed by atoms with E-state index in [4.69, 9.17) is 0 Å². The van der Waals surface area contributed by atoms with E-state index >= 15 is 0 Å². The molecule has 172 valence electrons. The number of carbonyl (C=O) groups is 3. The lowest BCUT2D eigenvalue weighted by Gasteiger charge is -2.34. The van der Waals surface area contributed by atoms with Gasteiger partial charge in [0.15, 0.2) is 0 Å². The quantitative estimate of drug-likeness (QED) is 0.670. The molecule has 3 amide bonds. The van der Waals surface area contributed by atoms with Crippen molar-refractivity contribution in [2.75, 3.05) is 19.4 Å². The highest BCUT2D eigenvalue weighted by molar-refractivity contribution is 6.39. The molecule has 1 aromatic heterocycles. The molecule has 1 aliphatic carbocycles. The van der Waals surface area contributed by atoms with Gasteiger partial charge in [-0.1, -0.05) is 44.0 Å². The van der Waals surface area contributed by atoms with Crippen molar-refractivity contribution in [1.82, 2.24) is 25.0 Å². The summed E-state index contributed by atoms with van der Waals surface area (Å²) in [7, 11) is 3.29. The Morgan fingerprint density at radius 3 is 2.62 bits per heavy atom. The first-order valence-corrected chi connectivity index (χ1v) is 11.0. The minimum Gasteiger partial charge on any atom is -0.347 e. The number of rotatable bonds is 6. The Morgan fingerprint density at radius 2 is 1.94 bits per heavy atom. The third-order valence-corrected chi connectivity index (χ3v) is 6.02. The number of benzene rings is 1. The normalized spacial score (nSPS) is 19.1. The molecule has 2 N–H and O–H groups in total. The Bertz CT molecular complexity index is 970.